The fraction of sp³-hybridized carbons (Fsp3) is 0.545. The van der Waals surface area contributed by atoms with E-state index in [2.05, 4.69) is 4.98 Å². The average molecular weight is 193 g/mol. The van der Waals surface area contributed by atoms with Crippen LogP contribution < -0.4 is 4.74 Å². The molecular formula is C11H15NO2. The molecule has 1 aromatic rings. The Labute approximate surface area is 83.7 Å². The Morgan fingerprint density at radius 2 is 2.21 bits per heavy atom. The van der Waals surface area contributed by atoms with Crippen molar-refractivity contribution in [3.63, 3.8) is 0 Å². The molecule has 1 heterocycles. The minimum atomic E-state index is -0.316. The Bertz CT molecular complexity index is 276. The lowest BCUT2D eigenvalue weighted by Gasteiger charge is -2.27. The molecule has 1 fully saturated rings. The minimum Gasteiger partial charge on any atom is -0.486 e. The number of rotatable bonds is 2. The maximum Gasteiger partial charge on any atom is 0.138 e. The molecule has 0 bridgehead atoms. The third kappa shape index (κ3) is 2.23. The van der Waals surface area contributed by atoms with Gasteiger partial charge in [0, 0.05) is 6.20 Å². The molecule has 0 unspecified atom stereocenters. The van der Waals surface area contributed by atoms with E-state index in [1.807, 2.05) is 12.1 Å². The van der Waals surface area contributed by atoms with Crippen molar-refractivity contribution in [2.75, 3.05) is 0 Å². The van der Waals surface area contributed by atoms with Crippen LogP contribution in [0.3, 0.4) is 0 Å². The number of hydrogen-bond donors (Lipinski definition) is 1. The summed E-state index contributed by atoms with van der Waals surface area (Å²) in [5.41, 5.74) is 0. The highest BCUT2D eigenvalue weighted by atomic mass is 16.5. The quantitative estimate of drug-likeness (QED) is 0.778. The molecule has 0 amide bonds. The maximum atomic E-state index is 9.68. The molecule has 76 valence electrons. The molecule has 1 aliphatic carbocycles. The van der Waals surface area contributed by atoms with Gasteiger partial charge in [0.1, 0.15) is 11.9 Å². The van der Waals surface area contributed by atoms with Crippen LogP contribution in [0.1, 0.15) is 25.7 Å². The van der Waals surface area contributed by atoms with Crippen molar-refractivity contribution >= 4 is 0 Å². The van der Waals surface area contributed by atoms with Gasteiger partial charge in [0.25, 0.3) is 0 Å². The van der Waals surface area contributed by atoms with Crippen molar-refractivity contribution in [2.24, 2.45) is 0 Å². The fourth-order valence-electron chi connectivity index (χ4n) is 1.81. The van der Waals surface area contributed by atoms with Crippen LogP contribution in [-0.4, -0.2) is 22.3 Å². The molecule has 1 aromatic heterocycles. The highest BCUT2D eigenvalue weighted by Gasteiger charge is 2.24. The SMILES string of the molecule is O[C@H]1CCCC[C@@H]1Oc1cccnc1. The molecule has 2 rings (SSSR count). The van der Waals surface area contributed by atoms with Gasteiger partial charge in [-0.2, -0.15) is 0 Å². The number of nitrogens with zero attached hydrogens (tertiary/aromatic N) is 1. The predicted molar refractivity (Wildman–Crippen MR) is 53.1 cm³/mol. The first-order valence-corrected chi connectivity index (χ1v) is 5.11. The lowest BCUT2D eigenvalue weighted by Crippen LogP contribution is -2.34. The Morgan fingerprint density at radius 3 is 2.93 bits per heavy atom. The second-order valence-electron chi connectivity index (χ2n) is 3.70. The molecule has 2 atom stereocenters. The van der Waals surface area contributed by atoms with E-state index in [0.29, 0.717) is 0 Å². The zero-order valence-corrected chi connectivity index (χ0v) is 8.10. The molecule has 0 aliphatic heterocycles. The molecule has 14 heavy (non-hydrogen) atoms. The molecule has 0 radical (unpaired) electrons. The van der Waals surface area contributed by atoms with Gasteiger partial charge in [-0.25, -0.2) is 0 Å². The summed E-state index contributed by atoms with van der Waals surface area (Å²) in [6.07, 6.45) is 7.07. The van der Waals surface area contributed by atoms with Gasteiger partial charge in [-0.15, -0.1) is 0 Å². The van der Waals surface area contributed by atoms with E-state index >= 15 is 0 Å². The van der Waals surface area contributed by atoms with Crippen LogP contribution in [0.25, 0.3) is 0 Å². The van der Waals surface area contributed by atoms with Crippen LogP contribution in [0.5, 0.6) is 5.75 Å². The molecular weight excluding hydrogens is 178 g/mol. The lowest BCUT2D eigenvalue weighted by atomic mass is 9.95. The number of aromatic nitrogens is 1. The third-order valence-electron chi connectivity index (χ3n) is 2.59. The van der Waals surface area contributed by atoms with Gasteiger partial charge >= 0.3 is 0 Å². The third-order valence-corrected chi connectivity index (χ3v) is 2.59. The Kier molecular flexibility index (Phi) is 2.99. The zero-order valence-electron chi connectivity index (χ0n) is 8.10. The number of aliphatic hydroxyl groups is 1. The Balaban J connectivity index is 1.96. The molecule has 0 spiro atoms. The van der Waals surface area contributed by atoms with Crippen LogP contribution in [-0.2, 0) is 0 Å². The van der Waals surface area contributed by atoms with Crippen molar-refractivity contribution in [3.05, 3.63) is 24.5 Å². The summed E-state index contributed by atoms with van der Waals surface area (Å²) in [6, 6.07) is 3.71. The summed E-state index contributed by atoms with van der Waals surface area (Å²) >= 11 is 0. The van der Waals surface area contributed by atoms with E-state index < -0.39 is 0 Å². The second-order valence-corrected chi connectivity index (χ2v) is 3.70. The first-order chi connectivity index (χ1) is 6.86. The zero-order chi connectivity index (χ0) is 9.80. The van der Waals surface area contributed by atoms with Crippen molar-refractivity contribution in [2.45, 2.75) is 37.9 Å². The van der Waals surface area contributed by atoms with Gasteiger partial charge in [-0.1, -0.05) is 6.42 Å². The average Bonchev–Trinajstić information content (AvgIpc) is 2.23. The topological polar surface area (TPSA) is 42.4 Å². The highest BCUT2D eigenvalue weighted by Crippen LogP contribution is 2.23. The molecule has 0 saturated heterocycles. The maximum absolute atomic E-state index is 9.68. The summed E-state index contributed by atoms with van der Waals surface area (Å²) in [4.78, 5) is 3.97. The first-order valence-electron chi connectivity index (χ1n) is 5.11. The van der Waals surface area contributed by atoms with Gasteiger partial charge in [-0.3, -0.25) is 4.98 Å². The number of pyridine rings is 1. The molecule has 1 aliphatic rings. The molecule has 1 saturated carbocycles. The summed E-state index contributed by atoms with van der Waals surface area (Å²) in [6.45, 7) is 0. The largest absolute Gasteiger partial charge is 0.486 e. The van der Waals surface area contributed by atoms with Gasteiger partial charge in [0.05, 0.1) is 12.3 Å². The van der Waals surface area contributed by atoms with Crippen molar-refractivity contribution in [3.8, 4) is 5.75 Å². The molecule has 0 aromatic carbocycles. The monoisotopic (exact) mass is 193 g/mol. The van der Waals surface area contributed by atoms with E-state index in [0.717, 1.165) is 31.4 Å². The second kappa shape index (κ2) is 4.42. The van der Waals surface area contributed by atoms with Gasteiger partial charge in [0.2, 0.25) is 0 Å². The van der Waals surface area contributed by atoms with Crippen molar-refractivity contribution in [1.82, 2.24) is 4.98 Å². The van der Waals surface area contributed by atoms with Crippen molar-refractivity contribution < 1.29 is 9.84 Å². The van der Waals surface area contributed by atoms with Crippen LogP contribution in [0.15, 0.2) is 24.5 Å². The Hall–Kier alpha value is -1.09. The van der Waals surface area contributed by atoms with Crippen LogP contribution in [0.2, 0.25) is 0 Å². The summed E-state index contributed by atoms with van der Waals surface area (Å²) in [5, 5.41) is 9.68. The first kappa shape index (κ1) is 9.46. The number of hydrogen-bond acceptors (Lipinski definition) is 3. The standard InChI is InChI=1S/C11H15NO2/c13-10-5-1-2-6-11(10)14-9-4-3-7-12-8-9/h3-4,7-8,10-11,13H,1-2,5-6H2/t10-,11-/m0/s1. The van der Waals surface area contributed by atoms with E-state index in [4.69, 9.17) is 4.74 Å². The molecule has 3 heteroatoms. The normalized spacial score (nSPS) is 27.2. The summed E-state index contributed by atoms with van der Waals surface area (Å²) < 4.78 is 5.66. The Morgan fingerprint density at radius 1 is 1.36 bits per heavy atom. The van der Waals surface area contributed by atoms with E-state index in [1.165, 1.54) is 0 Å². The van der Waals surface area contributed by atoms with E-state index in [1.54, 1.807) is 12.4 Å². The van der Waals surface area contributed by atoms with E-state index in [-0.39, 0.29) is 12.2 Å². The van der Waals surface area contributed by atoms with E-state index in [9.17, 15) is 5.11 Å². The summed E-state index contributed by atoms with van der Waals surface area (Å²) in [7, 11) is 0. The molecule has 1 N–H and O–H groups in total. The predicted octanol–water partition coefficient (Wildman–Crippen LogP) is 1.76. The smallest absolute Gasteiger partial charge is 0.138 e. The van der Waals surface area contributed by atoms with Gasteiger partial charge in [-0.05, 0) is 31.4 Å². The van der Waals surface area contributed by atoms with Crippen LogP contribution in [0.4, 0.5) is 0 Å². The fourth-order valence-corrected chi connectivity index (χ4v) is 1.81. The summed E-state index contributed by atoms with van der Waals surface area (Å²) in [5.74, 6) is 0.749. The van der Waals surface area contributed by atoms with Crippen LogP contribution >= 0.6 is 0 Å². The van der Waals surface area contributed by atoms with Gasteiger partial charge < -0.3 is 9.84 Å². The van der Waals surface area contributed by atoms with Crippen molar-refractivity contribution in [1.29, 1.82) is 0 Å². The van der Waals surface area contributed by atoms with Gasteiger partial charge in [0.15, 0.2) is 0 Å². The number of ether oxygens (including phenoxy) is 1. The number of aliphatic hydroxyl groups excluding tert-OH is 1. The minimum absolute atomic E-state index is 0.0482. The lowest BCUT2D eigenvalue weighted by molar-refractivity contribution is 0.00670. The molecule has 3 nitrogen and oxygen atoms in total. The van der Waals surface area contributed by atoms with Crippen LogP contribution in [0, 0.1) is 0 Å². The highest BCUT2D eigenvalue weighted by molar-refractivity contribution is 5.16.